The summed E-state index contributed by atoms with van der Waals surface area (Å²) in [5.74, 6) is 0.397. The zero-order chi connectivity index (χ0) is 13.1. The van der Waals surface area contributed by atoms with Crippen molar-refractivity contribution in [1.82, 2.24) is 14.3 Å². The number of nitrogens with one attached hydrogen (secondary N) is 2. The maximum atomic E-state index is 12.1. The number of hydrogen-bond acceptors (Lipinski definition) is 6. The van der Waals surface area contributed by atoms with Crippen molar-refractivity contribution in [2.24, 2.45) is 0 Å². The number of aryl methyl sites for hydroxylation is 2. The summed E-state index contributed by atoms with van der Waals surface area (Å²) < 4.78 is 4.00. The van der Waals surface area contributed by atoms with Crippen LogP contribution in [-0.4, -0.2) is 27.3 Å². The van der Waals surface area contributed by atoms with Gasteiger partial charge in [0.05, 0.1) is 11.3 Å². The summed E-state index contributed by atoms with van der Waals surface area (Å²) in [6.45, 7) is 3.65. The van der Waals surface area contributed by atoms with E-state index in [4.69, 9.17) is 0 Å². The maximum Gasteiger partial charge on any atom is 0.261 e. The third-order valence-corrected chi connectivity index (χ3v) is 3.02. The van der Waals surface area contributed by atoms with Crippen LogP contribution in [0.5, 0.6) is 0 Å². The predicted octanol–water partition coefficient (Wildman–Crippen LogP) is 1.84. The van der Waals surface area contributed by atoms with Gasteiger partial charge in [-0.25, -0.2) is 4.98 Å². The minimum absolute atomic E-state index is 0.247. The zero-order valence-corrected chi connectivity index (χ0v) is 11.1. The topological polar surface area (TPSA) is 79.8 Å². The molecule has 2 rings (SSSR count). The standard InChI is InChI=1S/C11H13N5OS/c1-6-4-9(12-3)8(5-13-6)10(17)15-11-14-7(2)16-18-11/h4-5H,1-3H3,(H,12,13)(H,14,15,16,17). The Morgan fingerprint density at radius 3 is 2.78 bits per heavy atom. The van der Waals surface area contributed by atoms with Crippen molar-refractivity contribution in [3.05, 3.63) is 29.3 Å². The highest BCUT2D eigenvalue weighted by Gasteiger charge is 2.13. The van der Waals surface area contributed by atoms with Gasteiger partial charge in [-0.1, -0.05) is 0 Å². The smallest absolute Gasteiger partial charge is 0.261 e. The zero-order valence-electron chi connectivity index (χ0n) is 10.3. The van der Waals surface area contributed by atoms with Gasteiger partial charge in [0.1, 0.15) is 5.82 Å². The Kier molecular flexibility index (Phi) is 3.52. The molecule has 0 atom stereocenters. The average Bonchev–Trinajstić information content (AvgIpc) is 2.74. The van der Waals surface area contributed by atoms with Gasteiger partial charge in [-0.3, -0.25) is 15.1 Å². The Hall–Kier alpha value is -2.02. The molecule has 7 heteroatoms. The number of hydrogen-bond donors (Lipinski definition) is 2. The largest absolute Gasteiger partial charge is 0.387 e. The normalized spacial score (nSPS) is 10.2. The van der Waals surface area contributed by atoms with Crippen LogP contribution < -0.4 is 10.6 Å². The average molecular weight is 263 g/mol. The number of carbonyl (C=O) groups is 1. The summed E-state index contributed by atoms with van der Waals surface area (Å²) in [7, 11) is 1.76. The molecule has 18 heavy (non-hydrogen) atoms. The first-order valence-electron chi connectivity index (χ1n) is 5.36. The summed E-state index contributed by atoms with van der Waals surface area (Å²) in [6.07, 6.45) is 1.55. The van der Waals surface area contributed by atoms with Crippen LogP contribution >= 0.6 is 11.5 Å². The summed E-state index contributed by atoms with van der Waals surface area (Å²) in [6, 6.07) is 1.82. The van der Waals surface area contributed by atoms with Gasteiger partial charge in [-0.15, -0.1) is 0 Å². The third-order valence-electron chi connectivity index (χ3n) is 2.30. The first-order chi connectivity index (χ1) is 8.60. The van der Waals surface area contributed by atoms with E-state index < -0.39 is 0 Å². The van der Waals surface area contributed by atoms with Crippen LogP contribution in [0.4, 0.5) is 10.8 Å². The minimum atomic E-state index is -0.247. The Bertz CT molecular complexity index is 581. The highest BCUT2D eigenvalue weighted by atomic mass is 32.1. The first kappa shape index (κ1) is 12.4. The lowest BCUT2D eigenvalue weighted by Gasteiger charge is -2.08. The molecule has 0 bridgehead atoms. The van der Waals surface area contributed by atoms with Gasteiger partial charge in [-0.2, -0.15) is 4.37 Å². The second kappa shape index (κ2) is 5.09. The Morgan fingerprint density at radius 1 is 1.39 bits per heavy atom. The fourth-order valence-electron chi connectivity index (χ4n) is 1.46. The van der Waals surface area contributed by atoms with Crippen LogP contribution in [0.1, 0.15) is 21.9 Å². The van der Waals surface area contributed by atoms with Gasteiger partial charge in [0.2, 0.25) is 5.13 Å². The summed E-state index contributed by atoms with van der Waals surface area (Å²) >= 11 is 1.16. The molecule has 6 nitrogen and oxygen atoms in total. The molecule has 0 unspecified atom stereocenters. The van der Waals surface area contributed by atoms with Gasteiger partial charge in [-0.05, 0) is 19.9 Å². The molecule has 94 valence electrons. The summed E-state index contributed by atoms with van der Waals surface area (Å²) in [5.41, 5.74) is 2.07. The van der Waals surface area contributed by atoms with Crippen molar-refractivity contribution in [2.75, 3.05) is 17.7 Å². The van der Waals surface area contributed by atoms with E-state index in [9.17, 15) is 4.79 Å². The minimum Gasteiger partial charge on any atom is -0.387 e. The molecule has 0 aromatic carbocycles. The molecular formula is C11H13N5OS. The monoisotopic (exact) mass is 263 g/mol. The van der Waals surface area contributed by atoms with Crippen molar-refractivity contribution < 1.29 is 4.79 Å². The van der Waals surface area contributed by atoms with E-state index in [1.807, 2.05) is 13.0 Å². The predicted molar refractivity (Wildman–Crippen MR) is 71.1 cm³/mol. The number of anilines is 2. The first-order valence-corrected chi connectivity index (χ1v) is 6.13. The van der Waals surface area contributed by atoms with Gasteiger partial charge < -0.3 is 5.32 Å². The van der Waals surface area contributed by atoms with Crippen LogP contribution in [0.15, 0.2) is 12.3 Å². The molecule has 0 aliphatic heterocycles. The lowest BCUT2D eigenvalue weighted by Crippen LogP contribution is -2.14. The summed E-state index contributed by atoms with van der Waals surface area (Å²) in [5, 5.41) is 6.16. The maximum absolute atomic E-state index is 12.1. The number of aromatic nitrogens is 3. The number of amides is 1. The Balaban J connectivity index is 2.23. The number of nitrogens with zero attached hydrogens (tertiary/aromatic N) is 3. The van der Waals surface area contributed by atoms with E-state index in [-0.39, 0.29) is 5.91 Å². The van der Waals surface area contributed by atoms with E-state index in [2.05, 4.69) is 25.0 Å². The van der Waals surface area contributed by atoms with Crippen molar-refractivity contribution in [2.45, 2.75) is 13.8 Å². The third kappa shape index (κ3) is 2.62. The molecule has 2 aromatic rings. The Labute approximate surface area is 109 Å². The molecule has 0 saturated carbocycles. The van der Waals surface area contributed by atoms with E-state index in [0.717, 1.165) is 22.9 Å². The molecule has 0 radical (unpaired) electrons. The number of carbonyl (C=O) groups excluding carboxylic acids is 1. The molecule has 0 saturated heterocycles. The SMILES string of the molecule is CNc1cc(C)ncc1C(=O)Nc1nc(C)ns1. The van der Waals surface area contributed by atoms with Crippen LogP contribution in [-0.2, 0) is 0 Å². The lowest BCUT2D eigenvalue weighted by atomic mass is 10.2. The Morgan fingerprint density at radius 2 is 2.17 bits per heavy atom. The van der Waals surface area contributed by atoms with Crippen LogP contribution in [0.2, 0.25) is 0 Å². The van der Waals surface area contributed by atoms with E-state index in [0.29, 0.717) is 16.5 Å². The van der Waals surface area contributed by atoms with Crippen LogP contribution in [0, 0.1) is 13.8 Å². The van der Waals surface area contributed by atoms with Crippen molar-refractivity contribution >= 4 is 28.3 Å². The van der Waals surface area contributed by atoms with Crippen molar-refractivity contribution in [3.8, 4) is 0 Å². The van der Waals surface area contributed by atoms with Crippen molar-refractivity contribution in [3.63, 3.8) is 0 Å². The molecule has 0 aliphatic rings. The molecular weight excluding hydrogens is 250 g/mol. The molecule has 2 N–H and O–H groups in total. The molecule has 0 aliphatic carbocycles. The van der Waals surface area contributed by atoms with Crippen LogP contribution in [0.25, 0.3) is 0 Å². The lowest BCUT2D eigenvalue weighted by molar-refractivity contribution is 0.102. The van der Waals surface area contributed by atoms with Gasteiger partial charge >= 0.3 is 0 Å². The van der Waals surface area contributed by atoms with Gasteiger partial charge in [0.25, 0.3) is 5.91 Å². The summed E-state index contributed by atoms with van der Waals surface area (Å²) in [4.78, 5) is 20.3. The highest BCUT2D eigenvalue weighted by molar-refractivity contribution is 7.09. The van der Waals surface area contributed by atoms with E-state index in [1.54, 1.807) is 20.2 Å². The van der Waals surface area contributed by atoms with Crippen LogP contribution in [0.3, 0.4) is 0 Å². The molecule has 1 amide bonds. The number of pyridine rings is 1. The number of rotatable bonds is 3. The van der Waals surface area contributed by atoms with E-state index in [1.165, 1.54) is 0 Å². The van der Waals surface area contributed by atoms with E-state index >= 15 is 0 Å². The van der Waals surface area contributed by atoms with Gasteiger partial charge in [0, 0.05) is 30.5 Å². The second-order valence-corrected chi connectivity index (χ2v) is 4.47. The fourth-order valence-corrected chi connectivity index (χ4v) is 2.03. The second-order valence-electron chi connectivity index (χ2n) is 3.72. The molecule has 0 fully saturated rings. The quantitative estimate of drug-likeness (QED) is 0.883. The molecule has 2 aromatic heterocycles. The van der Waals surface area contributed by atoms with Crippen molar-refractivity contribution in [1.29, 1.82) is 0 Å². The molecule has 2 heterocycles. The highest BCUT2D eigenvalue weighted by Crippen LogP contribution is 2.18. The van der Waals surface area contributed by atoms with Gasteiger partial charge in [0.15, 0.2) is 0 Å². The fraction of sp³-hybridized carbons (Fsp3) is 0.273. The molecule has 0 spiro atoms.